The molecule has 0 unspecified atom stereocenters. The average Bonchev–Trinajstić information content (AvgIpc) is 2.75. The maximum absolute atomic E-state index is 12.6. The number of pyridine rings is 1. The molecule has 2 aromatic rings. The molecule has 3 N–H and O–H groups in total. The molecule has 1 aromatic carbocycles. The Kier molecular flexibility index (Phi) is 7.91. The first-order valence-corrected chi connectivity index (χ1v) is 11.5. The van der Waals surface area contributed by atoms with Crippen molar-refractivity contribution in [1.29, 1.82) is 0 Å². The molecule has 2 heterocycles. The van der Waals surface area contributed by atoms with Crippen molar-refractivity contribution in [3.05, 3.63) is 72.1 Å². The van der Waals surface area contributed by atoms with Gasteiger partial charge in [-0.25, -0.2) is 13.1 Å². The summed E-state index contributed by atoms with van der Waals surface area (Å²) in [5, 5.41) is 12.5. The van der Waals surface area contributed by atoms with Gasteiger partial charge in [-0.3, -0.25) is 9.78 Å². The van der Waals surface area contributed by atoms with E-state index >= 15 is 0 Å². The van der Waals surface area contributed by atoms with E-state index in [9.17, 15) is 18.3 Å². The number of rotatable bonds is 9. The van der Waals surface area contributed by atoms with Crippen LogP contribution in [0.2, 0.25) is 0 Å². The number of sulfonamides is 1. The topological polar surface area (TPSA) is 118 Å². The van der Waals surface area contributed by atoms with Crippen LogP contribution in [0.25, 0.3) is 0 Å². The average molecular weight is 446 g/mol. The van der Waals surface area contributed by atoms with Gasteiger partial charge in [0.25, 0.3) is 0 Å². The summed E-state index contributed by atoms with van der Waals surface area (Å²) in [5.41, 5.74) is 2.03. The molecule has 0 bridgehead atoms. The lowest BCUT2D eigenvalue weighted by Crippen LogP contribution is -2.49. The third kappa shape index (κ3) is 6.70. The molecule has 9 heteroatoms. The Labute approximate surface area is 182 Å². The summed E-state index contributed by atoms with van der Waals surface area (Å²) in [6, 6.07) is 9.53. The highest BCUT2D eigenvalue weighted by molar-refractivity contribution is 7.89. The highest BCUT2D eigenvalue weighted by Gasteiger charge is 2.31. The molecule has 0 radical (unpaired) electrons. The van der Waals surface area contributed by atoms with Crippen LogP contribution >= 0.6 is 0 Å². The van der Waals surface area contributed by atoms with Crippen LogP contribution in [0.1, 0.15) is 17.5 Å². The zero-order valence-electron chi connectivity index (χ0n) is 17.3. The van der Waals surface area contributed by atoms with Crippen LogP contribution in [-0.2, 0) is 26.0 Å². The van der Waals surface area contributed by atoms with Crippen molar-refractivity contribution >= 4 is 15.9 Å². The molecule has 31 heavy (non-hydrogen) atoms. The van der Waals surface area contributed by atoms with E-state index in [-0.39, 0.29) is 23.8 Å². The van der Waals surface area contributed by atoms with E-state index in [4.69, 9.17) is 4.74 Å². The van der Waals surface area contributed by atoms with Crippen LogP contribution in [0.5, 0.6) is 0 Å². The summed E-state index contributed by atoms with van der Waals surface area (Å²) < 4.78 is 33.5. The van der Waals surface area contributed by atoms with Crippen molar-refractivity contribution in [1.82, 2.24) is 15.0 Å². The highest BCUT2D eigenvalue weighted by atomic mass is 32.2. The van der Waals surface area contributed by atoms with Gasteiger partial charge < -0.3 is 15.2 Å². The van der Waals surface area contributed by atoms with Crippen molar-refractivity contribution in [2.24, 2.45) is 0 Å². The molecule has 166 valence electrons. The van der Waals surface area contributed by atoms with Crippen LogP contribution in [0.3, 0.4) is 0 Å². The number of aromatic nitrogens is 1. The molecule has 0 saturated heterocycles. The van der Waals surface area contributed by atoms with Crippen molar-refractivity contribution in [2.45, 2.75) is 42.9 Å². The Morgan fingerprint density at radius 2 is 1.84 bits per heavy atom. The van der Waals surface area contributed by atoms with Crippen molar-refractivity contribution < 1.29 is 23.1 Å². The first-order chi connectivity index (χ1) is 14.9. The number of aryl methyl sites for hydroxylation is 1. The second kappa shape index (κ2) is 10.6. The Balaban J connectivity index is 1.53. The van der Waals surface area contributed by atoms with Gasteiger partial charge in [-0.15, -0.1) is 0 Å². The zero-order chi connectivity index (χ0) is 22.3. The van der Waals surface area contributed by atoms with Gasteiger partial charge >= 0.3 is 0 Å². The fourth-order valence-electron chi connectivity index (χ4n) is 3.23. The molecule has 1 aromatic heterocycles. The number of carbonyl (C=O) groups is 1. The quantitative estimate of drug-likeness (QED) is 0.498. The number of ether oxygens (including phenoxy) is 1. The van der Waals surface area contributed by atoms with Crippen LogP contribution < -0.4 is 10.0 Å². The Bertz CT molecular complexity index is 994. The number of aliphatic hydroxyl groups is 1. The first kappa shape index (κ1) is 23.1. The van der Waals surface area contributed by atoms with E-state index in [0.29, 0.717) is 13.0 Å². The van der Waals surface area contributed by atoms with Gasteiger partial charge in [-0.05, 0) is 43.2 Å². The Morgan fingerprint density at radius 3 is 2.52 bits per heavy atom. The first-order valence-electron chi connectivity index (χ1n) is 10.1. The number of nitrogens with zero attached hydrogens (tertiary/aromatic N) is 1. The SMILES string of the molecule is Cc1ccc(S(=O)(=O)N[C@H]2C=C[C@H](CC(=O)NCCc3ccncc3)O[C@@H]2CO)cc1. The largest absolute Gasteiger partial charge is 0.394 e. The van der Waals surface area contributed by atoms with Crippen molar-refractivity contribution in [3.8, 4) is 0 Å². The number of amides is 1. The van der Waals surface area contributed by atoms with E-state index < -0.39 is 28.3 Å². The molecular formula is C22H27N3O5S. The standard InChI is InChI=1S/C22H27N3O5S/c1-16-2-5-19(6-3-16)31(28,29)25-20-7-4-18(30-21(20)15-26)14-22(27)24-13-10-17-8-11-23-12-9-17/h2-9,11-12,18,20-21,25-26H,10,13-15H2,1H3,(H,24,27)/t18-,20+,21-/m1/s1. The summed E-state index contributed by atoms with van der Waals surface area (Å²) in [6.45, 7) is 1.98. The molecule has 3 rings (SSSR count). The maximum Gasteiger partial charge on any atom is 0.241 e. The Hall–Kier alpha value is -2.59. The number of hydrogen-bond acceptors (Lipinski definition) is 6. The Morgan fingerprint density at radius 1 is 1.13 bits per heavy atom. The minimum Gasteiger partial charge on any atom is -0.394 e. The zero-order valence-corrected chi connectivity index (χ0v) is 18.1. The molecule has 0 fully saturated rings. The van der Waals surface area contributed by atoms with Gasteiger partial charge in [0.05, 0.1) is 30.1 Å². The fourth-order valence-corrected chi connectivity index (χ4v) is 4.44. The maximum atomic E-state index is 12.6. The summed E-state index contributed by atoms with van der Waals surface area (Å²) in [6.07, 6.45) is 6.13. The number of benzene rings is 1. The van der Waals surface area contributed by atoms with E-state index in [1.165, 1.54) is 12.1 Å². The summed E-state index contributed by atoms with van der Waals surface area (Å²) in [5.74, 6) is -0.181. The van der Waals surface area contributed by atoms with Gasteiger partial charge in [0.1, 0.15) is 6.10 Å². The van der Waals surface area contributed by atoms with Gasteiger partial charge in [0.15, 0.2) is 0 Å². The number of hydrogen-bond donors (Lipinski definition) is 3. The van der Waals surface area contributed by atoms with Crippen LogP contribution in [0.4, 0.5) is 0 Å². The third-order valence-electron chi connectivity index (χ3n) is 4.96. The summed E-state index contributed by atoms with van der Waals surface area (Å²) in [4.78, 5) is 16.3. The normalized spacial score (nSPS) is 21.0. The molecule has 0 aliphatic carbocycles. The minimum atomic E-state index is -3.77. The molecule has 1 amide bonds. The lowest BCUT2D eigenvalue weighted by Gasteiger charge is -2.31. The van der Waals surface area contributed by atoms with E-state index in [2.05, 4.69) is 15.0 Å². The minimum absolute atomic E-state index is 0.0841. The van der Waals surface area contributed by atoms with Crippen molar-refractivity contribution in [3.63, 3.8) is 0 Å². The number of carbonyl (C=O) groups excluding carboxylic acids is 1. The molecule has 0 spiro atoms. The van der Waals surface area contributed by atoms with Crippen LogP contribution in [0, 0.1) is 6.92 Å². The predicted molar refractivity (Wildman–Crippen MR) is 116 cm³/mol. The monoisotopic (exact) mass is 445 g/mol. The highest BCUT2D eigenvalue weighted by Crippen LogP contribution is 2.18. The molecular weight excluding hydrogens is 418 g/mol. The van der Waals surface area contributed by atoms with Gasteiger partial charge in [0, 0.05) is 18.9 Å². The summed E-state index contributed by atoms with van der Waals surface area (Å²) in [7, 11) is -3.77. The molecule has 1 aliphatic heterocycles. The molecule has 0 saturated carbocycles. The second-order valence-corrected chi connectivity index (χ2v) is 9.11. The van der Waals surface area contributed by atoms with E-state index in [1.54, 1.807) is 36.7 Å². The number of aliphatic hydroxyl groups excluding tert-OH is 1. The lowest BCUT2D eigenvalue weighted by molar-refractivity contribution is -0.125. The van der Waals surface area contributed by atoms with Crippen LogP contribution in [-0.4, -0.2) is 55.8 Å². The predicted octanol–water partition coefficient (Wildman–Crippen LogP) is 1.10. The molecule has 8 nitrogen and oxygen atoms in total. The van der Waals surface area contributed by atoms with Crippen LogP contribution in [0.15, 0.2) is 65.8 Å². The van der Waals surface area contributed by atoms with Crippen molar-refractivity contribution in [2.75, 3.05) is 13.2 Å². The third-order valence-corrected chi connectivity index (χ3v) is 6.43. The fraction of sp³-hybridized carbons (Fsp3) is 0.364. The van der Waals surface area contributed by atoms with Gasteiger partial charge in [-0.2, -0.15) is 0 Å². The van der Waals surface area contributed by atoms with Gasteiger partial charge in [0.2, 0.25) is 15.9 Å². The number of nitrogens with one attached hydrogen (secondary N) is 2. The smallest absolute Gasteiger partial charge is 0.241 e. The molecule has 1 aliphatic rings. The second-order valence-electron chi connectivity index (χ2n) is 7.40. The van der Waals surface area contributed by atoms with E-state index in [1.807, 2.05) is 19.1 Å². The molecule has 3 atom stereocenters. The van der Waals surface area contributed by atoms with Gasteiger partial charge in [-0.1, -0.05) is 29.8 Å². The summed E-state index contributed by atoms with van der Waals surface area (Å²) >= 11 is 0. The lowest BCUT2D eigenvalue weighted by atomic mass is 10.1. The van der Waals surface area contributed by atoms with E-state index in [0.717, 1.165) is 11.1 Å².